The highest BCUT2D eigenvalue weighted by atomic mass is 16.5. The molecule has 0 radical (unpaired) electrons. The predicted octanol–water partition coefficient (Wildman–Crippen LogP) is 2.22. The van der Waals surface area contributed by atoms with Crippen LogP contribution in [0.15, 0.2) is 47.5 Å². The minimum absolute atomic E-state index is 0.300. The van der Waals surface area contributed by atoms with Crippen molar-refractivity contribution in [3.8, 4) is 5.75 Å². The highest BCUT2D eigenvalue weighted by molar-refractivity contribution is 5.88. The Hall–Kier alpha value is -2.03. The summed E-state index contributed by atoms with van der Waals surface area (Å²) >= 11 is 0. The number of nitrogens with one attached hydrogen (secondary N) is 1. The van der Waals surface area contributed by atoms with Crippen molar-refractivity contribution in [2.75, 3.05) is 13.2 Å². The van der Waals surface area contributed by atoms with Crippen molar-refractivity contribution in [3.05, 3.63) is 42.5 Å². The van der Waals surface area contributed by atoms with Gasteiger partial charge in [0.25, 0.3) is 0 Å². The third-order valence-electron chi connectivity index (χ3n) is 2.92. The van der Waals surface area contributed by atoms with Crippen molar-refractivity contribution < 1.29 is 4.74 Å². The topological polar surface area (TPSA) is 33.6 Å². The molecule has 2 aromatic rings. The van der Waals surface area contributed by atoms with Crippen LogP contribution in [0.25, 0.3) is 10.8 Å². The SMILES string of the molecule is C1=NCC(COc2cccc3ccccc23)N1. The second-order valence-corrected chi connectivity index (χ2v) is 4.15. The second-order valence-electron chi connectivity index (χ2n) is 4.15. The van der Waals surface area contributed by atoms with Gasteiger partial charge in [-0.1, -0.05) is 36.4 Å². The minimum atomic E-state index is 0.300. The fourth-order valence-electron chi connectivity index (χ4n) is 2.00. The molecule has 0 aliphatic carbocycles. The zero-order valence-electron chi connectivity index (χ0n) is 9.47. The van der Waals surface area contributed by atoms with Crippen molar-refractivity contribution in [2.45, 2.75) is 6.04 Å². The fourth-order valence-corrected chi connectivity index (χ4v) is 2.00. The lowest BCUT2D eigenvalue weighted by atomic mass is 10.1. The van der Waals surface area contributed by atoms with Gasteiger partial charge in [-0.05, 0) is 11.5 Å². The summed E-state index contributed by atoms with van der Waals surface area (Å²) in [5.41, 5.74) is 0. The van der Waals surface area contributed by atoms with Gasteiger partial charge >= 0.3 is 0 Å². The fraction of sp³-hybridized carbons (Fsp3) is 0.214. The molecule has 3 heteroatoms. The van der Waals surface area contributed by atoms with Gasteiger partial charge < -0.3 is 10.1 Å². The van der Waals surface area contributed by atoms with E-state index in [0.29, 0.717) is 12.6 Å². The van der Waals surface area contributed by atoms with E-state index < -0.39 is 0 Å². The average Bonchev–Trinajstić information content (AvgIpc) is 2.89. The van der Waals surface area contributed by atoms with Crippen LogP contribution in [0.1, 0.15) is 0 Å². The highest BCUT2D eigenvalue weighted by Crippen LogP contribution is 2.25. The van der Waals surface area contributed by atoms with Crippen LogP contribution in [0, 0.1) is 0 Å². The van der Waals surface area contributed by atoms with E-state index in [4.69, 9.17) is 4.74 Å². The number of fused-ring (bicyclic) bond motifs is 1. The van der Waals surface area contributed by atoms with Crippen LogP contribution < -0.4 is 10.1 Å². The van der Waals surface area contributed by atoms with Crippen LogP contribution in [0.4, 0.5) is 0 Å². The summed E-state index contributed by atoms with van der Waals surface area (Å²) in [6.45, 7) is 1.44. The molecule has 0 spiro atoms. The Bertz CT molecular complexity index is 537. The van der Waals surface area contributed by atoms with Crippen LogP contribution in [0.2, 0.25) is 0 Å². The molecule has 1 aliphatic rings. The molecule has 2 aromatic carbocycles. The summed E-state index contributed by atoms with van der Waals surface area (Å²) in [5, 5.41) is 5.53. The van der Waals surface area contributed by atoms with Gasteiger partial charge in [-0.15, -0.1) is 0 Å². The van der Waals surface area contributed by atoms with E-state index in [1.807, 2.05) is 24.3 Å². The van der Waals surface area contributed by atoms with Gasteiger partial charge in [-0.2, -0.15) is 0 Å². The zero-order valence-corrected chi connectivity index (χ0v) is 9.47. The highest BCUT2D eigenvalue weighted by Gasteiger charge is 2.11. The van der Waals surface area contributed by atoms with E-state index in [0.717, 1.165) is 17.7 Å². The lowest BCUT2D eigenvalue weighted by molar-refractivity contribution is 0.289. The molecule has 0 fully saturated rings. The van der Waals surface area contributed by atoms with E-state index in [1.165, 1.54) is 5.39 Å². The lowest BCUT2D eigenvalue weighted by Crippen LogP contribution is -2.31. The Labute approximate surface area is 100 Å². The van der Waals surface area contributed by atoms with Gasteiger partial charge in [-0.3, -0.25) is 4.99 Å². The van der Waals surface area contributed by atoms with Crippen LogP contribution in [0.5, 0.6) is 5.75 Å². The first kappa shape index (κ1) is 10.1. The maximum Gasteiger partial charge on any atom is 0.127 e. The van der Waals surface area contributed by atoms with E-state index in [-0.39, 0.29) is 0 Å². The van der Waals surface area contributed by atoms with Gasteiger partial charge in [0.15, 0.2) is 0 Å². The molecule has 1 unspecified atom stereocenters. The van der Waals surface area contributed by atoms with Crippen molar-refractivity contribution >= 4 is 17.1 Å². The Morgan fingerprint density at radius 3 is 2.94 bits per heavy atom. The van der Waals surface area contributed by atoms with Gasteiger partial charge in [0.1, 0.15) is 12.4 Å². The quantitative estimate of drug-likeness (QED) is 0.870. The van der Waals surface area contributed by atoms with Crippen molar-refractivity contribution in [3.63, 3.8) is 0 Å². The van der Waals surface area contributed by atoms with E-state index in [2.05, 4.69) is 28.5 Å². The van der Waals surface area contributed by atoms with Gasteiger partial charge in [0, 0.05) is 5.39 Å². The number of benzene rings is 2. The van der Waals surface area contributed by atoms with Crippen molar-refractivity contribution in [2.24, 2.45) is 4.99 Å². The van der Waals surface area contributed by atoms with Crippen LogP contribution in [0.3, 0.4) is 0 Å². The number of hydrogen-bond acceptors (Lipinski definition) is 3. The summed E-state index contributed by atoms with van der Waals surface area (Å²) in [4.78, 5) is 4.12. The minimum Gasteiger partial charge on any atom is -0.491 e. The Kier molecular flexibility index (Phi) is 2.66. The molecule has 0 amide bonds. The Balaban J connectivity index is 1.80. The van der Waals surface area contributed by atoms with Crippen LogP contribution in [-0.2, 0) is 0 Å². The maximum atomic E-state index is 5.86. The first-order chi connectivity index (χ1) is 8.43. The predicted molar refractivity (Wildman–Crippen MR) is 69.7 cm³/mol. The van der Waals surface area contributed by atoms with E-state index >= 15 is 0 Å². The largest absolute Gasteiger partial charge is 0.491 e. The molecule has 0 aromatic heterocycles. The average molecular weight is 226 g/mol. The number of hydrogen-bond donors (Lipinski definition) is 1. The summed E-state index contributed by atoms with van der Waals surface area (Å²) < 4.78 is 5.86. The normalized spacial score (nSPS) is 18.2. The molecule has 1 heterocycles. The first-order valence-corrected chi connectivity index (χ1v) is 5.78. The van der Waals surface area contributed by atoms with Crippen LogP contribution >= 0.6 is 0 Å². The summed E-state index contributed by atoms with van der Waals surface area (Å²) in [6, 6.07) is 14.7. The molecule has 1 aliphatic heterocycles. The summed E-state index contributed by atoms with van der Waals surface area (Å²) in [5.74, 6) is 0.941. The molecule has 0 saturated carbocycles. The molecule has 1 atom stereocenters. The number of ether oxygens (including phenoxy) is 1. The lowest BCUT2D eigenvalue weighted by Gasteiger charge is -2.13. The number of nitrogens with zero attached hydrogens (tertiary/aromatic N) is 1. The Morgan fingerprint density at radius 1 is 1.18 bits per heavy atom. The van der Waals surface area contributed by atoms with E-state index in [9.17, 15) is 0 Å². The molecule has 86 valence electrons. The second kappa shape index (κ2) is 4.45. The van der Waals surface area contributed by atoms with E-state index in [1.54, 1.807) is 6.34 Å². The third kappa shape index (κ3) is 2.09. The maximum absolute atomic E-state index is 5.86. The molecule has 3 nitrogen and oxygen atoms in total. The molecule has 0 saturated heterocycles. The standard InChI is InChI=1S/C14H14N2O/c1-2-6-13-11(4-1)5-3-7-14(13)17-9-12-8-15-10-16-12/h1-7,10,12H,8-9H2,(H,15,16). The molecule has 0 bridgehead atoms. The van der Waals surface area contributed by atoms with Crippen molar-refractivity contribution in [1.82, 2.24) is 5.32 Å². The number of aliphatic imine (C=N–C) groups is 1. The van der Waals surface area contributed by atoms with Gasteiger partial charge in [0.2, 0.25) is 0 Å². The molecular weight excluding hydrogens is 212 g/mol. The molecule has 3 rings (SSSR count). The summed E-state index contributed by atoms with van der Waals surface area (Å²) in [7, 11) is 0. The smallest absolute Gasteiger partial charge is 0.127 e. The molecule has 17 heavy (non-hydrogen) atoms. The summed E-state index contributed by atoms with van der Waals surface area (Å²) in [6.07, 6.45) is 1.75. The third-order valence-corrected chi connectivity index (χ3v) is 2.92. The molecular formula is C14H14N2O. The number of rotatable bonds is 3. The zero-order chi connectivity index (χ0) is 11.5. The van der Waals surface area contributed by atoms with Gasteiger partial charge in [-0.25, -0.2) is 0 Å². The first-order valence-electron chi connectivity index (χ1n) is 5.78. The Morgan fingerprint density at radius 2 is 2.06 bits per heavy atom. The van der Waals surface area contributed by atoms with Crippen LogP contribution in [-0.4, -0.2) is 25.5 Å². The van der Waals surface area contributed by atoms with Gasteiger partial charge in [0.05, 0.1) is 18.9 Å². The molecule has 1 N–H and O–H groups in total. The monoisotopic (exact) mass is 226 g/mol. The van der Waals surface area contributed by atoms with Crippen molar-refractivity contribution in [1.29, 1.82) is 0 Å².